The molecule has 1 amide bonds. The molecule has 5 nitrogen and oxygen atoms in total. The summed E-state index contributed by atoms with van der Waals surface area (Å²) in [5.74, 6) is -0.0124. The van der Waals surface area contributed by atoms with Gasteiger partial charge >= 0.3 is 0 Å². The van der Waals surface area contributed by atoms with Crippen molar-refractivity contribution in [3.63, 3.8) is 0 Å². The third-order valence-electron chi connectivity index (χ3n) is 3.54. The molecule has 0 saturated heterocycles. The molecular formula is C17H18N4OS2. The molecule has 7 heteroatoms. The summed E-state index contributed by atoms with van der Waals surface area (Å²) in [6, 6.07) is 5.93. The largest absolute Gasteiger partial charge is 0.351 e. The SMILES string of the molecule is CCc1cc2c(SC(C)C(=O)NCc3cccnc3)ncnc2s1. The fourth-order valence-electron chi connectivity index (χ4n) is 2.21. The maximum absolute atomic E-state index is 12.3. The lowest BCUT2D eigenvalue weighted by atomic mass is 10.3. The number of amides is 1. The molecule has 124 valence electrons. The first-order valence-corrected chi connectivity index (χ1v) is 9.43. The van der Waals surface area contributed by atoms with Gasteiger partial charge in [-0.2, -0.15) is 0 Å². The predicted octanol–water partition coefficient (Wildman–Crippen LogP) is 3.45. The molecule has 1 N–H and O–H groups in total. The number of hydrogen-bond acceptors (Lipinski definition) is 6. The molecule has 0 aliphatic rings. The number of thioether (sulfide) groups is 1. The van der Waals surface area contributed by atoms with Gasteiger partial charge in [0.1, 0.15) is 16.2 Å². The van der Waals surface area contributed by atoms with Gasteiger partial charge in [-0.3, -0.25) is 9.78 Å². The number of carbonyl (C=O) groups is 1. The van der Waals surface area contributed by atoms with Crippen LogP contribution in [0.25, 0.3) is 10.2 Å². The van der Waals surface area contributed by atoms with E-state index in [2.05, 4.69) is 33.3 Å². The van der Waals surface area contributed by atoms with Crippen LogP contribution in [0.2, 0.25) is 0 Å². The second-order valence-electron chi connectivity index (χ2n) is 5.30. The summed E-state index contributed by atoms with van der Waals surface area (Å²) in [7, 11) is 0. The van der Waals surface area contributed by atoms with Crippen LogP contribution in [0.5, 0.6) is 0 Å². The third kappa shape index (κ3) is 3.91. The van der Waals surface area contributed by atoms with Crippen LogP contribution in [0.4, 0.5) is 0 Å². The molecule has 1 atom stereocenters. The molecule has 0 aliphatic heterocycles. The maximum Gasteiger partial charge on any atom is 0.233 e. The number of thiophene rings is 1. The zero-order valence-corrected chi connectivity index (χ0v) is 15.2. The lowest BCUT2D eigenvalue weighted by Gasteiger charge is -2.11. The molecule has 3 rings (SSSR count). The number of rotatable bonds is 6. The maximum atomic E-state index is 12.3. The highest BCUT2D eigenvalue weighted by Crippen LogP contribution is 2.32. The van der Waals surface area contributed by atoms with Crippen LogP contribution in [-0.4, -0.2) is 26.1 Å². The fraction of sp³-hybridized carbons (Fsp3) is 0.294. The van der Waals surface area contributed by atoms with Crippen LogP contribution in [0, 0.1) is 0 Å². The first-order valence-electron chi connectivity index (χ1n) is 7.74. The smallest absolute Gasteiger partial charge is 0.233 e. The van der Waals surface area contributed by atoms with Gasteiger partial charge in [-0.25, -0.2) is 9.97 Å². The quantitative estimate of drug-likeness (QED) is 0.540. The summed E-state index contributed by atoms with van der Waals surface area (Å²) in [6.45, 7) is 4.50. The summed E-state index contributed by atoms with van der Waals surface area (Å²) >= 11 is 3.15. The second kappa shape index (κ2) is 7.72. The number of carbonyl (C=O) groups excluding carboxylic acids is 1. The van der Waals surface area contributed by atoms with Crippen molar-refractivity contribution in [2.45, 2.75) is 37.1 Å². The molecule has 0 aliphatic carbocycles. The first-order chi connectivity index (χ1) is 11.7. The molecule has 3 aromatic rings. The summed E-state index contributed by atoms with van der Waals surface area (Å²) in [5.41, 5.74) is 0.984. The Morgan fingerprint density at radius 3 is 3.04 bits per heavy atom. The molecular weight excluding hydrogens is 340 g/mol. The van der Waals surface area contributed by atoms with Crippen LogP contribution in [0.1, 0.15) is 24.3 Å². The van der Waals surface area contributed by atoms with E-state index in [9.17, 15) is 4.79 Å². The molecule has 24 heavy (non-hydrogen) atoms. The van der Waals surface area contributed by atoms with E-state index < -0.39 is 0 Å². The number of aromatic nitrogens is 3. The summed E-state index contributed by atoms with van der Waals surface area (Å²) in [5, 5.41) is 4.61. The number of nitrogens with zero attached hydrogens (tertiary/aromatic N) is 3. The van der Waals surface area contributed by atoms with Crippen molar-refractivity contribution in [2.24, 2.45) is 0 Å². The van der Waals surface area contributed by atoms with E-state index in [1.165, 1.54) is 16.6 Å². The van der Waals surface area contributed by atoms with Gasteiger partial charge in [0.15, 0.2) is 0 Å². The van der Waals surface area contributed by atoms with Crippen molar-refractivity contribution < 1.29 is 4.79 Å². The number of nitrogens with one attached hydrogen (secondary N) is 1. The molecule has 3 heterocycles. The monoisotopic (exact) mass is 358 g/mol. The lowest BCUT2D eigenvalue weighted by molar-refractivity contribution is -0.120. The molecule has 3 aromatic heterocycles. The Bertz CT molecular complexity index is 835. The van der Waals surface area contributed by atoms with E-state index in [4.69, 9.17) is 0 Å². The van der Waals surface area contributed by atoms with Crippen molar-refractivity contribution >= 4 is 39.2 Å². The van der Waals surface area contributed by atoms with Gasteiger partial charge in [0.05, 0.1) is 5.25 Å². The van der Waals surface area contributed by atoms with Gasteiger partial charge in [-0.05, 0) is 31.0 Å². The normalized spacial score (nSPS) is 12.2. The van der Waals surface area contributed by atoms with E-state index in [-0.39, 0.29) is 11.2 Å². The van der Waals surface area contributed by atoms with Crippen LogP contribution >= 0.6 is 23.1 Å². The molecule has 0 aromatic carbocycles. The topological polar surface area (TPSA) is 67.8 Å². The fourth-order valence-corrected chi connectivity index (χ4v) is 4.12. The van der Waals surface area contributed by atoms with Gasteiger partial charge in [-0.15, -0.1) is 11.3 Å². The Morgan fingerprint density at radius 2 is 2.29 bits per heavy atom. The van der Waals surface area contributed by atoms with E-state index in [0.29, 0.717) is 6.54 Å². The summed E-state index contributed by atoms with van der Waals surface area (Å²) in [4.78, 5) is 27.3. The third-order valence-corrected chi connectivity index (χ3v) is 5.84. The minimum Gasteiger partial charge on any atom is -0.351 e. The standard InChI is InChI=1S/C17H18N4OS2/c1-3-13-7-14-16(20-10-21-17(14)24-13)23-11(2)15(22)19-9-12-5-4-6-18-8-12/h4-8,10-11H,3,9H2,1-2H3,(H,19,22). The van der Waals surface area contributed by atoms with Crippen molar-refractivity contribution in [3.8, 4) is 0 Å². The number of aryl methyl sites for hydroxylation is 1. The zero-order valence-electron chi connectivity index (χ0n) is 13.5. The Labute approximate surface area is 148 Å². The van der Waals surface area contributed by atoms with Gasteiger partial charge < -0.3 is 5.32 Å². The van der Waals surface area contributed by atoms with Gasteiger partial charge in [-0.1, -0.05) is 24.8 Å². The predicted molar refractivity (Wildman–Crippen MR) is 98.2 cm³/mol. The van der Waals surface area contributed by atoms with Gasteiger partial charge in [0.25, 0.3) is 0 Å². The van der Waals surface area contributed by atoms with Crippen molar-refractivity contribution in [3.05, 3.63) is 47.4 Å². The van der Waals surface area contributed by atoms with E-state index in [0.717, 1.165) is 27.2 Å². The minimum absolute atomic E-state index is 0.0124. The average Bonchev–Trinajstić information content (AvgIpc) is 3.05. The molecule has 0 bridgehead atoms. The van der Waals surface area contributed by atoms with Crippen molar-refractivity contribution in [2.75, 3.05) is 0 Å². The lowest BCUT2D eigenvalue weighted by Crippen LogP contribution is -2.30. The highest BCUT2D eigenvalue weighted by Gasteiger charge is 2.17. The Morgan fingerprint density at radius 1 is 1.42 bits per heavy atom. The van der Waals surface area contributed by atoms with Gasteiger partial charge in [0.2, 0.25) is 5.91 Å². The first kappa shape index (κ1) is 16.9. The summed E-state index contributed by atoms with van der Waals surface area (Å²) < 4.78 is 0. The van der Waals surface area contributed by atoms with Crippen LogP contribution in [-0.2, 0) is 17.8 Å². The second-order valence-corrected chi connectivity index (χ2v) is 7.75. The molecule has 1 unspecified atom stereocenters. The van der Waals surface area contributed by atoms with Crippen LogP contribution in [0.15, 0.2) is 41.9 Å². The Hall–Kier alpha value is -1.99. The summed E-state index contributed by atoms with van der Waals surface area (Å²) in [6.07, 6.45) is 6.02. The van der Waals surface area contributed by atoms with E-state index in [1.807, 2.05) is 19.1 Å². The number of fused-ring (bicyclic) bond motifs is 1. The van der Waals surface area contributed by atoms with E-state index >= 15 is 0 Å². The minimum atomic E-state index is -0.232. The highest BCUT2D eigenvalue weighted by atomic mass is 32.2. The molecule has 0 saturated carbocycles. The molecule has 0 spiro atoms. The zero-order chi connectivity index (χ0) is 16.9. The van der Waals surface area contributed by atoms with Gasteiger partial charge in [0, 0.05) is 29.2 Å². The number of pyridine rings is 1. The van der Waals surface area contributed by atoms with Crippen molar-refractivity contribution in [1.29, 1.82) is 0 Å². The number of hydrogen-bond donors (Lipinski definition) is 1. The molecule has 0 fully saturated rings. The highest BCUT2D eigenvalue weighted by molar-refractivity contribution is 8.00. The van der Waals surface area contributed by atoms with Crippen LogP contribution in [0.3, 0.4) is 0 Å². The Balaban J connectivity index is 1.66. The molecule has 0 radical (unpaired) electrons. The van der Waals surface area contributed by atoms with E-state index in [1.54, 1.807) is 30.1 Å². The Kier molecular flexibility index (Phi) is 5.42. The van der Waals surface area contributed by atoms with Crippen LogP contribution < -0.4 is 5.32 Å². The van der Waals surface area contributed by atoms with Crippen molar-refractivity contribution in [1.82, 2.24) is 20.3 Å². The average molecular weight is 358 g/mol.